The summed E-state index contributed by atoms with van der Waals surface area (Å²) in [5, 5.41) is 0.802. The van der Waals surface area contributed by atoms with Gasteiger partial charge in [-0.1, -0.05) is 29.3 Å². The van der Waals surface area contributed by atoms with Crippen LogP contribution in [-0.4, -0.2) is 44.0 Å². The Kier molecular flexibility index (Phi) is 4.82. The zero-order valence-corrected chi connectivity index (χ0v) is 17.5. The summed E-state index contributed by atoms with van der Waals surface area (Å²) >= 11 is 12.2. The number of carbonyl (C=O) groups is 1. The molecule has 9 heteroatoms. The second kappa shape index (κ2) is 7.39. The Morgan fingerprint density at radius 2 is 1.97 bits per heavy atom. The van der Waals surface area contributed by atoms with E-state index in [1.807, 2.05) is 4.40 Å². The summed E-state index contributed by atoms with van der Waals surface area (Å²) in [6.07, 6.45) is 4.78. The van der Waals surface area contributed by atoms with E-state index in [-0.39, 0.29) is 24.6 Å². The molecule has 1 saturated heterocycles. The smallest absolute Gasteiger partial charge is 0.277 e. The molecule has 3 aromatic rings. The predicted octanol–water partition coefficient (Wildman–Crippen LogP) is 3.92. The monoisotopic (exact) mass is 448 g/mol. The molecule has 6 nitrogen and oxygen atoms in total. The number of hydrogen-bond acceptors (Lipinski definition) is 3. The summed E-state index contributed by atoms with van der Waals surface area (Å²) in [5.41, 5.74) is 1.29. The Hall–Kier alpha value is -2.38. The Morgan fingerprint density at radius 3 is 2.63 bits per heavy atom. The van der Waals surface area contributed by atoms with Crippen molar-refractivity contribution in [3.63, 3.8) is 0 Å². The third-order valence-corrected chi connectivity index (χ3v) is 6.46. The van der Waals surface area contributed by atoms with Crippen LogP contribution in [0.25, 0.3) is 16.8 Å². The van der Waals surface area contributed by atoms with Gasteiger partial charge in [-0.05, 0) is 31.4 Å². The van der Waals surface area contributed by atoms with Crippen LogP contribution < -0.4 is 5.56 Å². The number of likely N-dealkylation sites (tertiary alicyclic amines) is 1. The average Bonchev–Trinajstić information content (AvgIpc) is 3.35. The molecule has 1 aliphatic carbocycles. The summed E-state index contributed by atoms with van der Waals surface area (Å²) in [6.45, 7) is 0.333. The van der Waals surface area contributed by atoms with Gasteiger partial charge in [0.25, 0.3) is 5.56 Å². The second-order valence-corrected chi connectivity index (χ2v) is 8.71. The minimum Gasteiger partial charge on any atom is -0.338 e. The number of halogens is 3. The van der Waals surface area contributed by atoms with E-state index in [0.717, 1.165) is 18.7 Å². The second-order valence-electron chi connectivity index (χ2n) is 7.90. The van der Waals surface area contributed by atoms with Crippen LogP contribution in [0.1, 0.15) is 31.0 Å². The molecule has 0 spiro atoms. The van der Waals surface area contributed by atoms with Gasteiger partial charge in [0.15, 0.2) is 0 Å². The highest BCUT2D eigenvalue weighted by Crippen LogP contribution is 2.41. The number of imidazole rings is 1. The van der Waals surface area contributed by atoms with E-state index in [2.05, 4.69) is 0 Å². The topological polar surface area (TPSA) is 59.6 Å². The number of amides is 1. The van der Waals surface area contributed by atoms with Gasteiger partial charge in [-0.2, -0.15) is 0 Å². The summed E-state index contributed by atoms with van der Waals surface area (Å²) in [5.74, 6) is 0.887. The number of aromatic nitrogens is 3. The molecule has 1 aromatic carbocycles. The summed E-state index contributed by atoms with van der Waals surface area (Å²) in [7, 11) is 0. The van der Waals surface area contributed by atoms with E-state index in [4.69, 9.17) is 28.2 Å². The lowest BCUT2D eigenvalue weighted by atomic mass is 10.1. The van der Waals surface area contributed by atoms with Gasteiger partial charge in [-0.15, -0.1) is 0 Å². The van der Waals surface area contributed by atoms with Gasteiger partial charge in [0.05, 0.1) is 16.6 Å². The van der Waals surface area contributed by atoms with Crippen LogP contribution in [0.15, 0.2) is 35.4 Å². The maximum Gasteiger partial charge on any atom is 0.277 e. The molecule has 1 saturated carbocycles. The van der Waals surface area contributed by atoms with Crippen molar-refractivity contribution in [3.05, 3.63) is 56.8 Å². The molecule has 1 aliphatic heterocycles. The summed E-state index contributed by atoms with van der Waals surface area (Å²) < 4.78 is 16.6. The molecule has 156 valence electrons. The molecular weight excluding hydrogens is 430 g/mol. The lowest BCUT2D eigenvalue weighted by Gasteiger charge is -2.16. The van der Waals surface area contributed by atoms with E-state index in [1.54, 1.807) is 30.6 Å². The minimum atomic E-state index is -0.995. The maximum atomic E-state index is 13.5. The first-order chi connectivity index (χ1) is 14.4. The van der Waals surface area contributed by atoms with E-state index in [1.165, 1.54) is 9.47 Å². The highest BCUT2D eigenvalue weighted by molar-refractivity contribution is 6.42. The van der Waals surface area contributed by atoms with Gasteiger partial charge in [0, 0.05) is 30.4 Å². The Labute approximate surface area is 181 Å². The number of benzene rings is 1. The van der Waals surface area contributed by atoms with E-state index in [9.17, 15) is 14.0 Å². The molecule has 2 aromatic heterocycles. The van der Waals surface area contributed by atoms with Crippen molar-refractivity contribution in [1.82, 2.24) is 18.9 Å². The molecular formula is C21H19Cl2FN4O2. The van der Waals surface area contributed by atoms with Crippen LogP contribution in [0.3, 0.4) is 0 Å². The van der Waals surface area contributed by atoms with Gasteiger partial charge < -0.3 is 9.47 Å². The first-order valence-electron chi connectivity index (χ1n) is 9.91. The van der Waals surface area contributed by atoms with E-state index < -0.39 is 6.17 Å². The zero-order valence-electron chi connectivity index (χ0n) is 16.0. The third kappa shape index (κ3) is 3.40. The summed E-state index contributed by atoms with van der Waals surface area (Å²) in [6, 6.07) is 5.14. The van der Waals surface area contributed by atoms with Crippen molar-refractivity contribution in [2.75, 3.05) is 13.1 Å². The highest BCUT2D eigenvalue weighted by atomic mass is 35.5. The van der Waals surface area contributed by atoms with Crippen LogP contribution in [0.4, 0.5) is 4.39 Å². The molecule has 0 radical (unpaired) electrons. The van der Waals surface area contributed by atoms with Crippen molar-refractivity contribution >= 4 is 34.6 Å². The van der Waals surface area contributed by atoms with Crippen molar-refractivity contribution in [2.24, 2.45) is 0 Å². The van der Waals surface area contributed by atoms with Crippen molar-refractivity contribution in [2.45, 2.75) is 37.9 Å². The normalized spacial score (nSPS) is 19.0. The fraction of sp³-hybridized carbons (Fsp3) is 0.381. The Balaban J connectivity index is 1.60. The molecule has 3 heterocycles. The average molecular weight is 449 g/mol. The van der Waals surface area contributed by atoms with Crippen LogP contribution >= 0.6 is 23.2 Å². The lowest BCUT2D eigenvalue weighted by molar-refractivity contribution is -0.131. The van der Waals surface area contributed by atoms with Gasteiger partial charge in [0.2, 0.25) is 5.91 Å². The fourth-order valence-electron chi connectivity index (χ4n) is 3.94. The van der Waals surface area contributed by atoms with E-state index in [0.29, 0.717) is 45.7 Å². The van der Waals surface area contributed by atoms with Crippen molar-refractivity contribution < 1.29 is 9.18 Å². The number of hydrogen-bond donors (Lipinski definition) is 0. The highest BCUT2D eigenvalue weighted by Gasteiger charge is 2.31. The molecule has 1 amide bonds. The molecule has 30 heavy (non-hydrogen) atoms. The maximum absolute atomic E-state index is 13.5. The summed E-state index contributed by atoms with van der Waals surface area (Å²) in [4.78, 5) is 32.1. The lowest BCUT2D eigenvalue weighted by Crippen LogP contribution is -2.35. The van der Waals surface area contributed by atoms with Crippen molar-refractivity contribution in [3.8, 4) is 11.3 Å². The Bertz CT molecular complexity index is 1220. The Morgan fingerprint density at radius 1 is 1.17 bits per heavy atom. The minimum absolute atomic E-state index is 0.0862. The number of nitrogens with zero attached hydrogens (tertiary/aromatic N) is 4. The first kappa shape index (κ1) is 19.6. The van der Waals surface area contributed by atoms with Gasteiger partial charge in [-0.3, -0.25) is 14.0 Å². The number of carbonyl (C=O) groups excluding carboxylic acids is 1. The number of rotatable bonds is 4. The van der Waals surface area contributed by atoms with Gasteiger partial charge >= 0.3 is 0 Å². The molecule has 2 fully saturated rings. The molecule has 1 unspecified atom stereocenters. The van der Waals surface area contributed by atoms with Crippen LogP contribution in [0, 0.1) is 0 Å². The van der Waals surface area contributed by atoms with Crippen LogP contribution in [-0.2, 0) is 11.3 Å². The molecule has 5 rings (SSSR count). The molecule has 1 atom stereocenters. The first-order valence-corrected chi connectivity index (χ1v) is 10.7. The van der Waals surface area contributed by atoms with Crippen LogP contribution in [0.5, 0.6) is 0 Å². The fourth-order valence-corrected chi connectivity index (χ4v) is 4.24. The predicted molar refractivity (Wildman–Crippen MR) is 113 cm³/mol. The quantitative estimate of drug-likeness (QED) is 0.607. The number of alkyl halides is 1. The standard InChI is InChI=1S/C21H19Cl2FN4O2/c22-15-4-3-13(9-16(15)23)18-19-21(30)27(11-17(29)26-6-5-14(24)10-26)7-8-28(19)20(25-18)12-1-2-12/h3-4,7-9,12,14H,1-2,5-6,10-11H2. The van der Waals surface area contributed by atoms with Gasteiger partial charge in [0.1, 0.15) is 29.8 Å². The zero-order chi connectivity index (χ0) is 21.0. The SMILES string of the molecule is O=C(Cn1ccn2c(C3CC3)nc(-c3ccc(Cl)c(Cl)c3)c2c1=O)N1CCC(F)C1. The third-order valence-electron chi connectivity index (χ3n) is 5.72. The van der Waals surface area contributed by atoms with Crippen LogP contribution in [0.2, 0.25) is 10.0 Å². The molecule has 0 bridgehead atoms. The molecule has 0 N–H and O–H groups in total. The number of fused-ring (bicyclic) bond motifs is 1. The largest absolute Gasteiger partial charge is 0.338 e. The van der Waals surface area contributed by atoms with Gasteiger partial charge in [-0.25, -0.2) is 9.37 Å². The van der Waals surface area contributed by atoms with Crippen molar-refractivity contribution in [1.29, 1.82) is 0 Å². The molecule has 2 aliphatic rings. The van der Waals surface area contributed by atoms with E-state index >= 15 is 0 Å².